The molecule has 3 aromatic carbocycles. The number of morpholine rings is 1. The van der Waals surface area contributed by atoms with Crippen LogP contribution < -0.4 is 0 Å². The molecule has 2 aliphatic rings. The summed E-state index contributed by atoms with van der Waals surface area (Å²) < 4.78 is 11.1. The molecule has 5 rings (SSSR count). The molecule has 0 radical (unpaired) electrons. The van der Waals surface area contributed by atoms with Crippen molar-refractivity contribution in [1.82, 2.24) is 9.80 Å². The number of benzene rings is 3. The molecule has 2 unspecified atom stereocenters. The zero-order valence-corrected chi connectivity index (χ0v) is 21.9. The van der Waals surface area contributed by atoms with Gasteiger partial charge in [0.1, 0.15) is 6.61 Å². The van der Waals surface area contributed by atoms with Gasteiger partial charge >= 0.3 is 6.09 Å². The van der Waals surface area contributed by atoms with Gasteiger partial charge in [-0.3, -0.25) is 9.59 Å². The Labute approximate surface area is 223 Å². The predicted molar refractivity (Wildman–Crippen MR) is 144 cm³/mol. The normalized spacial score (nSPS) is 22.4. The lowest BCUT2D eigenvalue weighted by molar-refractivity contribution is -0.147. The number of fused-ring (bicyclic) bond motifs is 1. The molecule has 198 valence electrons. The van der Waals surface area contributed by atoms with E-state index < -0.39 is 18.1 Å². The quantitative estimate of drug-likeness (QED) is 0.460. The van der Waals surface area contributed by atoms with E-state index in [1.54, 1.807) is 4.90 Å². The molecular formula is C31H34N2O5. The van der Waals surface area contributed by atoms with Crippen LogP contribution in [0.15, 0.2) is 72.8 Å². The minimum absolute atomic E-state index is 0.0172. The van der Waals surface area contributed by atoms with E-state index >= 15 is 0 Å². The maximum Gasteiger partial charge on any atom is 0.416 e. The number of carbonyl (C=O) groups excluding carboxylic acids is 3. The van der Waals surface area contributed by atoms with Gasteiger partial charge in [0.25, 0.3) is 0 Å². The Morgan fingerprint density at radius 1 is 0.921 bits per heavy atom. The van der Waals surface area contributed by atoms with Crippen molar-refractivity contribution < 1.29 is 23.9 Å². The van der Waals surface area contributed by atoms with Crippen molar-refractivity contribution in [2.24, 2.45) is 5.92 Å². The first kappa shape index (κ1) is 25.9. The molecule has 0 spiro atoms. The lowest BCUT2D eigenvalue weighted by atomic mass is 9.90. The van der Waals surface area contributed by atoms with Crippen LogP contribution in [-0.4, -0.2) is 65.7 Å². The summed E-state index contributed by atoms with van der Waals surface area (Å²) in [6.07, 6.45) is 0.0931. The van der Waals surface area contributed by atoms with Gasteiger partial charge in [0.2, 0.25) is 11.8 Å². The van der Waals surface area contributed by atoms with Crippen LogP contribution in [0.3, 0.4) is 0 Å². The first-order valence-electron chi connectivity index (χ1n) is 13.3. The molecule has 2 saturated heterocycles. The van der Waals surface area contributed by atoms with Gasteiger partial charge < -0.3 is 14.4 Å². The fourth-order valence-electron chi connectivity index (χ4n) is 5.67. The number of hydrogen-bond acceptors (Lipinski definition) is 5. The molecule has 38 heavy (non-hydrogen) atoms. The zero-order chi connectivity index (χ0) is 26.6. The molecule has 0 aromatic heterocycles. The van der Waals surface area contributed by atoms with Gasteiger partial charge in [-0.2, -0.15) is 0 Å². The summed E-state index contributed by atoms with van der Waals surface area (Å²) in [6, 6.07) is 23.4. The van der Waals surface area contributed by atoms with Gasteiger partial charge in [-0.25, -0.2) is 9.69 Å². The molecule has 4 atom stereocenters. The lowest BCUT2D eigenvalue weighted by Gasteiger charge is -2.36. The van der Waals surface area contributed by atoms with Gasteiger partial charge in [-0.05, 0) is 48.6 Å². The van der Waals surface area contributed by atoms with Gasteiger partial charge in [0, 0.05) is 19.5 Å². The summed E-state index contributed by atoms with van der Waals surface area (Å²) in [6.45, 7) is 5.01. The molecule has 2 heterocycles. The number of hydrogen-bond donors (Lipinski definition) is 0. The first-order chi connectivity index (χ1) is 18.4. The molecule has 7 heteroatoms. The summed E-state index contributed by atoms with van der Waals surface area (Å²) in [5.74, 6) is -1.16. The average Bonchev–Trinajstić information content (AvgIpc) is 3.27. The van der Waals surface area contributed by atoms with Crippen LogP contribution in [0.4, 0.5) is 4.79 Å². The molecular weight excluding hydrogens is 480 g/mol. The summed E-state index contributed by atoms with van der Waals surface area (Å²) in [4.78, 5) is 43.4. The molecule has 0 aliphatic carbocycles. The predicted octanol–water partition coefficient (Wildman–Crippen LogP) is 4.61. The Balaban J connectivity index is 1.43. The van der Waals surface area contributed by atoms with Crippen molar-refractivity contribution in [2.75, 3.05) is 19.7 Å². The van der Waals surface area contributed by atoms with Crippen LogP contribution in [0.2, 0.25) is 0 Å². The third-order valence-electron chi connectivity index (χ3n) is 7.40. The summed E-state index contributed by atoms with van der Waals surface area (Å²) in [5.41, 5.74) is 2.00. The molecule has 2 fully saturated rings. The van der Waals surface area contributed by atoms with E-state index in [0.29, 0.717) is 25.9 Å². The largest absolute Gasteiger partial charge is 0.447 e. The maximum atomic E-state index is 14.1. The van der Waals surface area contributed by atoms with Gasteiger partial charge in [-0.1, -0.05) is 72.8 Å². The number of cyclic esters (lactones) is 1. The highest BCUT2D eigenvalue weighted by Gasteiger charge is 2.42. The Hall–Kier alpha value is -3.71. The minimum Gasteiger partial charge on any atom is -0.447 e. The van der Waals surface area contributed by atoms with E-state index in [9.17, 15) is 14.4 Å². The molecule has 7 nitrogen and oxygen atoms in total. The van der Waals surface area contributed by atoms with Crippen molar-refractivity contribution in [3.05, 3.63) is 83.9 Å². The number of imide groups is 1. The van der Waals surface area contributed by atoms with Crippen molar-refractivity contribution in [3.8, 4) is 0 Å². The Morgan fingerprint density at radius 3 is 2.37 bits per heavy atom. The molecule has 3 aromatic rings. The molecule has 0 N–H and O–H groups in total. The maximum absolute atomic E-state index is 14.1. The van der Waals surface area contributed by atoms with Gasteiger partial charge in [0.05, 0.1) is 24.2 Å². The molecule has 0 saturated carbocycles. The topological polar surface area (TPSA) is 76.2 Å². The van der Waals surface area contributed by atoms with Crippen LogP contribution in [0.5, 0.6) is 0 Å². The van der Waals surface area contributed by atoms with Crippen LogP contribution in [0, 0.1) is 5.92 Å². The highest BCUT2D eigenvalue weighted by atomic mass is 16.6. The SMILES string of the molecule is CC1CN(C(=O)C[C@@H](Cc2cccc3ccccc23)C(=O)N2C(=O)OC[C@@H]2Cc2ccccc2)CC(C)O1. The van der Waals surface area contributed by atoms with E-state index in [4.69, 9.17) is 9.47 Å². The second kappa shape index (κ2) is 11.4. The highest BCUT2D eigenvalue weighted by Crippen LogP contribution is 2.28. The minimum atomic E-state index is -0.703. The summed E-state index contributed by atoms with van der Waals surface area (Å²) >= 11 is 0. The standard InChI is InChI=1S/C31H34N2O5/c1-21-18-32(19-22(2)38-21)29(34)17-26(16-25-13-8-12-24-11-6-7-14-28(24)25)30(35)33-27(20-37-31(33)36)15-23-9-4-3-5-10-23/h3-14,21-22,26-27H,15-20H2,1-2H3/t21?,22?,26-,27+/m1/s1. The number of carbonyl (C=O) groups is 3. The Morgan fingerprint density at radius 2 is 1.61 bits per heavy atom. The second-order valence-electron chi connectivity index (χ2n) is 10.4. The highest BCUT2D eigenvalue weighted by molar-refractivity contribution is 5.97. The van der Waals surface area contributed by atoms with E-state index in [-0.39, 0.29) is 37.0 Å². The van der Waals surface area contributed by atoms with Crippen LogP contribution in [0.25, 0.3) is 10.8 Å². The van der Waals surface area contributed by atoms with Crippen molar-refractivity contribution in [2.45, 2.75) is 51.4 Å². The Bertz CT molecular complexity index is 1290. The second-order valence-corrected chi connectivity index (χ2v) is 10.4. The van der Waals surface area contributed by atoms with Gasteiger partial charge in [-0.15, -0.1) is 0 Å². The summed E-state index contributed by atoms with van der Waals surface area (Å²) in [5, 5.41) is 2.11. The third-order valence-corrected chi connectivity index (χ3v) is 7.40. The molecule has 3 amide bonds. The fraction of sp³-hybridized carbons (Fsp3) is 0.387. The van der Waals surface area contributed by atoms with Gasteiger partial charge in [0.15, 0.2) is 0 Å². The fourth-order valence-corrected chi connectivity index (χ4v) is 5.67. The summed E-state index contributed by atoms with van der Waals surface area (Å²) in [7, 11) is 0. The van der Waals surface area contributed by atoms with E-state index in [0.717, 1.165) is 21.9 Å². The average molecular weight is 515 g/mol. The first-order valence-corrected chi connectivity index (χ1v) is 13.3. The van der Waals surface area contributed by atoms with Crippen molar-refractivity contribution in [1.29, 1.82) is 0 Å². The van der Waals surface area contributed by atoms with Crippen LogP contribution in [-0.2, 0) is 31.9 Å². The third kappa shape index (κ3) is 5.73. The smallest absolute Gasteiger partial charge is 0.416 e. The molecule has 2 aliphatic heterocycles. The number of ether oxygens (including phenoxy) is 2. The van der Waals surface area contributed by atoms with Crippen LogP contribution >= 0.6 is 0 Å². The van der Waals surface area contributed by atoms with Crippen molar-refractivity contribution >= 4 is 28.7 Å². The van der Waals surface area contributed by atoms with Crippen LogP contribution in [0.1, 0.15) is 31.4 Å². The number of nitrogens with zero attached hydrogens (tertiary/aromatic N) is 2. The zero-order valence-electron chi connectivity index (χ0n) is 21.9. The van der Waals surface area contributed by atoms with Crippen molar-refractivity contribution in [3.63, 3.8) is 0 Å². The lowest BCUT2D eigenvalue weighted by Crippen LogP contribution is -2.50. The van der Waals surface area contributed by atoms with E-state index in [1.165, 1.54) is 4.90 Å². The monoisotopic (exact) mass is 514 g/mol. The van der Waals surface area contributed by atoms with E-state index in [2.05, 4.69) is 0 Å². The number of rotatable bonds is 7. The Kier molecular flexibility index (Phi) is 7.74. The number of amides is 3. The van der Waals surface area contributed by atoms with E-state index in [1.807, 2.05) is 86.6 Å². The molecule has 0 bridgehead atoms.